The number of nitrogens with one attached hydrogen (secondary N) is 1. The Morgan fingerprint density at radius 1 is 1.35 bits per heavy atom. The maximum absolute atomic E-state index is 11.6. The molecule has 0 aromatic rings. The van der Waals surface area contributed by atoms with Gasteiger partial charge in [0.05, 0.1) is 11.1 Å². The van der Waals surface area contributed by atoms with E-state index in [2.05, 4.69) is 16.9 Å². The summed E-state index contributed by atoms with van der Waals surface area (Å²) >= 11 is 4.65. The summed E-state index contributed by atoms with van der Waals surface area (Å²) in [5, 5.41) is -0.829. The molecule has 7 heteroatoms. The van der Waals surface area contributed by atoms with Gasteiger partial charge >= 0.3 is 0 Å². The monoisotopic (exact) mass is 282 g/mol. The first kappa shape index (κ1) is 16.8. The van der Waals surface area contributed by atoms with Gasteiger partial charge in [0.15, 0.2) is 0 Å². The zero-order valence-corrected chi connectivity index (χ0v) is 12.2. The third-order valence-electron chi connectivity index (χ3n) is 2.19. The Morgan fingerprint density at radius 3 is 2.41 bits per heavy atom. The Hall–Kier alpha value is -0.240. The highest BCUT2D eigenvalue weighted by Crippen LogP contribution is 2.00. The molecule has 1 unspecified atom stereocenters. The highest BCUT2D eigenvalue weighted by Gasteiger charge is 2.22. The van der Waals surface area contributed by atoms with E-state index >= 15 is 0 Å². The quantitative estimate of drug-likeness (QED) is 0.482. The molecule has 3 N–H and O–H groups in total. The van der Waals surface area contributed by atoms with Crippen molar-refractivity contribution in [1.29, 1.82) is 0 Å². The van der Waals surface area contributed by atoms with Gasteiger partial charge in [-0.15, -0.1) is 0 Å². The predicted molar refractivity (Wildman–Crippen MR) is 73.5 cm³/mol. The standard InChI is InChI=1S/C10H22N2O3S2/c1-8(2)15-7-5-4-6-12-17(13,14)9(3)10(11)16/h8-9,12H,4-7H2,1-3H3,(H2,11,16). The molecule has 0 aromatic heterocycles. The van der Waals surface area contributed by atoms with Crippen LogP contribution < -0.4 is 10.5 Å². The van der Waals surface area contributed by atoms with Crippen molar-refractivity contribution < 1.29 is 13.2 Å². The van der Waals surface area contributed by atoms with E-state index in [0.717, 1.165) is 12.8 Å². The number of hydrogen-bond donors (Lipinski definition) is 2. The van der Waals surface area contributed by atoms with Crippen molar-refractivity contribution in [2.75, 3.05) is 13.2 Å². The SMILES string of the molecule is CC(C)OCCCCNS(=O)(=O)C(C)C(N)=S. The van der Waals surface area contributed by atoms with Gasteiger partial charge in [0.25, 0.3) is 0 Å². The number of unbranched alkanes of at least 4 members (excludes halogenated alkanes) is 1. The summed E-state index contributed by atoms with van der Waals surface area (Å²) in [6, 6.07) is 0. The third kappa shape index (κ3) is 7.64. The number of nitrogens with two attached hydrogens (primary N) is 1. The van der Waals surface area contributed by atoms with E-state index in [1.165, 1.54) is 6.92 Å². The second-order valence-electron chi connectivity index (χ2n) is 4.11. The first-order valence-corrected chi connectivity index (χ1v) is 7.62. The van der Waals surface area contributed by atoms with Gasteiger partial charge in [0.1, 0.15) is 5.25 Å². The fraction of sp³-hybridized carbons (Fsp3) is 0.900. The fourth-order valence-electron chi connectivity index (χ4n) is 1.04. The van der Waals surface area contributed by atoms with E-state index in [-0.39, 0.29) is 11.1 Å². The van der Waals surface area contributed by atoms with Gasteiger partial charge in [0, 0.05) is 13.2 Å². The van der Waals surface area contributed by atoms with Crippen molar-refractivity contribution >= 4 is 27.2 Å². The van der Waals surface area contributed by atoms with Crippen molar-refractivity contribution in [3.8, 4) is 0 Å². The Bertz CT molecular complexity index is 328. The number of sulfonamides is 1. The molecule has 0 saturated carbocycles. The summed E-state index contributed by atoms with van der Waals surface area (Å²) in [5.74, 6) is 0. The lowest BCUT2D eigenvalue weighted by Gasteiger charge is -2.12. The first-order chi connectivity index (χ1) is 7.77. The van der Waals surface area contributed by atoms with Crippen LogP contribution in [0.5, 0.6) is 0 Å². The second kappa shape index (κ2) is 7.97. The van der Waals surface area contributed by atoms with Crippen LogP contribution in [0.4, 0.5) is 0 Å². The number of rotatable bonds is 9. The predicted octanol–water partition coefficient (Wildman–Crippen LogP) is 0.786. The molecule has 0 heterocycles. The van der Waals surface area contributed by atoms with Crippen molar-refractivity contribution in [3.05, 3.63) is 0 Å². The lowest BCUT2D eigenvalue weighted by molar-refractivity contribution is 0.0762. The van der Waals surface area contributed by atoms with Gasteiger partial charge in [-0.2, -0.15) is 0 Å². The summed E-state index contributed by atoms with van der Waals surface area (Å²) in [5.41, 5.74) is 5.30. The van der Waals surface area contributed by atoms with Crippen molar-refractivity contribution in [3.63, 3.8) is 0 Å². The number of thiocarbonyl (C=S) groups is 1. The highest BCUT2D eigenvalue weighted by molar-refractivity contribution is 7.93. The summed E-state index contributed by atoms with van der Waals surface area (Å²) in [6.07, 6.45) is 1.76. The van der Waals surface area contributed by atoms with Crippen LogP contribution in [0, 0.1) is 0 Å². The molecule has 0 aliphatic rings. The number of ether oxygens (including phenoxy) is 1. The maximum atomic E-state index is 11.6. The van der Waals surface area contributed by atoms with Crippen LogP contribution in [0.15, 0.2) is 0 Å². The van der Waals surface area contributed by atoms with Crippen LogP contribution in [-0.4, -0.2) is 37.9 Å². The van der Waals surface area contributed by atoms with E-state index in [1.54, 1.807) is 0 Å². The van der Waals surface area contributed by atoms with Crippen molar-refractivity contribution in [2.45, 2.75) is 45.0 Å². The Labute approximate surface area is 109 Å². The molecule has 0 rings (SSSR count). The normalized spacial score (nSPS) is 13.9. The molecule has 0 bridgehead atoms. The van der Waals surface area contributed by atoms with Crippen LogP contribution in [0.25, 0.3) is 0 Å². The summed E-state index contributed by atoms with van der Waals surface area (Å²) in [7, 11) is -3.42. The lowest BCUT2D eigenvalue weighted by atomic mass is 10.3. The largest absolute Gasteiger partial charge is 0.392 e. The fourth-order valence-corrected chi connectivity index (χ4v) is 2.40. The molecule has 0 aliphatic heterocycles. The van der Waals surface area contributed by atoms with Gasteiger partial charge in [-0.3, -0.25) is 0 Å². The molecule has 0 aliphatic carbocycles. The topological polar surface area (TPSA) is 81.4 Å². The molecule has 17 heavy (non-hydrogen) atoms. The van der Waals surface area contributed by atoms with Crippen molar-refractivity contribution in [1.82, 2.24) is 4.72 Å². The van der Waals surface area contributed by atoms with Gasteiger partial charge in [-0.1, -0.05) is 12.2 Å². The van der Waals surface area contributed by atoms with Crippen LogP contribution in [0.2, 0.25) is 0 Å². The first-order valence-electron chi connectivity index (χ1n) is 5.66. The van der Waals surface area contributed by atoms with E-state index in [0.29, 0.717) is 13.2 Å². The molecule has 0 aromatic carbocycles. The van der Waals surface area contributed by atoms with Gasteiger partial charge in [0.2, 0.25) is 10.0 Å². The van der Waals surface area contributed by atoms with Gasteiger partial charge in [-0.05, 0) is 33.6 Å². The van der Waals surface area contributed by atoms with Crippen LogP contribution in [0.1, 0.15) is 33.6 Å². The van der Waals surface area contributed by atoms with E-state index in [4.69, 9.17) is 10.5 Å². The summed E-state index contributed by atoms with van der Waals surface area (Å²) in [4.78, 5) is -0.0133. The smallest absolute Gasteiger partial charge is 0.220 e. The zero-order valence-electron chi connectivity index (χ0n) is 10.6. The van der Waals surface area contributed by atoms with Crippen LogP contribution in [-0.2, 0) is 14.8 Å². The minimum Gasteiger partial charge on any atom is -0.392 e. The molecule has 0 spiro atoms. The molecule has 0 radical (unpaired) electrons. The summed E-state index contributed by atoms with van der Waals surface area (Å²) in [6.45, 7) is 6.44. The average molecular weight is 282 g/mol. The molecule has 0 fully saturated rings. The third-order valence-corrected chi connectivity index (χ3v) is 4.49. The van der Waals surface area contributed by atoms with Crippen molar-refractivity contribution in [2.24, 2.45) is 5.73 Å². The molecule has 5 nitrogen and oxygen atoms in total. The zero-order chi connectivity index (χ0) is 13.5. The Kier molecular flexibility index (Phi) is 7.85. The maximum Gasteiger partial charge on any atom is 0.220 e. The molecule has 1 atom stereocenters. The average Bonchev–Trinajstić information content (AvgIpc) is 2.21. The van der Waals surface area contributed by atoms with Crippen LogP contribution >= 0.6 is 12.2 Å². The van der Waals surface area contributed by atoms with E-state index in [1.807, 2.05) is 13.8 Å². The highest BCUT2D eigenvalue weighted by atomic mass is 32.2. The minimum atomic E-state index is -3.42. The van der Waals surface area contributed by atoms with Crippen LogP contribution in [0.3, 0.4) is 0 Å². The number of hydrogen-bond acceptors (Lipinski definition) is 4. The molecule has 0 amide bonds. The second-order valence-corrected chi connectivity index (χ2v) is 6.67. The molecule has 0 saturated heterocycles. The minimum absolute atomic E-state index is 0.0133. The molecule has 102 valence electrons. The lowest BCUT2D eigenvalue weighted by Crippen LogP contribution is -2.40. The Morgan fingerprint density at radius 2 is 1.94 bits per heavy atom. The molecular weight excluding hydrogens is 260 g/mol. The van der Waals surface area contributed by atoms with E-state index < -0.39 is 15.3 Å². The van der Waals surface area contributed by atoms with E-state index in [9.17, 15) is 8.42 Å². The Balaban J connectivity index is 3.78. The van der Waals surface area contributed by atoms with Gasteiger partial charge in [-0.25, -0.2) is 13.1 Å². The molecular formula is C10H22N2O3S2. The van der Waals surface area contributed by atoms with Gasteiger partial charge < -0.3 is 10.5 Å². The summed E-state index contributed by atoms with van der Waals surface area (Å²) < 4.78 is 31.0.